The Morgan fingerprint density at radius 1 is 1.03 bits per heavy atom. The summed E-state index contributed by atoms with van der Waals surface area (Å²) in [4.78, 5) is 37.2. The van der Waals surface area contributed by atoms with Gasteiger partial charge in [-0.1, -0.05) is 42.0 Å². The van der Waals surface area contributed by atoms with Crippen molar-refractivity contribution in [3.8, 4) is 22.8 Å². The van der Waals surface area contributed by atoms with Crippen LogP contribution >= 0.6 is 0 Å². The highest BCUT2D eigenvalue weighted by Crippen LogP contribution is 2.38. The number of amides is 1. The molecule has 1 fully saturated rings. The number of aliphatic imine (C=N–C) groups is 1. The molecule has 8 nitrogen and oxygen atoms in total. The van der Waals surface area contributed by atoms with Crippen LogP contribution in [0.5, 0.6) is 11.5 Å². The summed E-state index contributed by atoms with van der Waals surface area (Å²) >= 11 is 0. The van der Waals surface area contributed by atoms with Crippen molar-refractivity contribution in [2.45, 2.75) is 38.8 Å². The Morgan fingerprint density at radius 3 is 2.69 bits per heavy atom. The molecule has 0 spiro atoms. The van der Waals surface area contributed by atoms with E-state index < -0.39 is 0 Å². The highest BCUT2D eigenvalue weighted by molar-refractivity contribution is 6.03. The molecule has 0 unspecified atom stereocenters. The molecule has 1 saturated heterocycles. The lowest BCUT2D eigenvalue weighted by Crippen LogP contribution is -2.35. The summed E-state index contributed by atoms with van der Waals surface area (Å²) in [5.74, 6) is 0.985. The number of aryl methyl sites for hydroxylation is 2. The normalized spacial score (nSPS) is 16.2. The van der Waals surface area contributed by atoms with E-state index in [4.69, 9.17) is 9.47 Å². The first-order valence-corrected chi connectivity index (χ1v) is 13.3. The number of benzene rings is 3. The quantitative estimate of drug-likeness (QED) is 0.313. The second-order valence-corrected chi connectivity index (χ2v) is 9.99. The van der Waals surface area contributed by atoms with Crippen LogP contribution in [0.3, 0.4) is 0 Å². The Bertz CT molecular complexity index is 1640. The van der Waals surface area contributed by atoms with Crippen LogP contribution in [0.2, 0.25) is 0 Å². The minimum Gasteiger partial charge on any atom is -0.493 e. The molecule has 1 aromatic heterocycles. The molecular weight excluding hydrogens is 492 g/mol. The summed E-state index contributed by atoms with van der Waals surface area (Å²) in [7, 11) is 1.56. The van der Waals surface area contributed by atoms with Crippen molar-refractivity contribution >= 4 is 28.7 Å². The summed E-state index contributed by atoms with van der Waals surface area (Å²) in [6.45, 7) is 3.57. The fraction of sp³-hybridized carbons (Fsp3) is 0.290. The zero-order valence-corrected chi connectivity index (χ0v) is 22.1. The minimum absolute atomic E-state index is 0.0252. The molecule has 1 atom stereocenters. The van der Waals surface area contributed by atoms with Crippen molar-refractivity contribution in [1.29, 1.82) is 0 Å². The molecule has 0 N–H and O–H groups in total. The minimum atomic E-state index is -0.291. The molecule has 3 heterocycles. The Balaban J connectivity index is 1.23. The van der Waals surface area contributed by atoms with Gasteiger partial charge in [0.15, 0.2) is 11.5 Å². The Labute approximate surface area is 226 Å². The van der Waals surface area contributed by atoms with Gasteiger partial charge < -0.3 is 14.4 Å². The predicted octanol–water partition coefficient (Wildman–Crippen LogP) is 5.17. The van der Waals surface area contributed by atoms with E-state index in [1.54, 1.807) is 23.8 Å². The molecule has 198 valence electrons. The van der Waals surface area contributed by atoms with Gasteiger partial charge in [0.2, 0.25) is 0 Å². The maximum atomic E-state index is 13.1. The van der Waals surface area contributed by atoms with E-state index in [-0.39, 0.29) is 17.6 Å². The number of hydrogen-bond acceptors (Lipinski definition) is 6. The van der Waals surface area contributed by atoms with Crippen molar-refractivity contribution in [1.82, 2.24) is 14.5 Å². The maximum Gasteiger partial charge on any atom is 0.348 e. The molecule has 3 aromatic carbocycles. The molecule has 8 heteroatoms. The van der Waals surface area contributed by atoms with Crippen molar-refractivity contribution in [3.63, 3.8) is 0 Å². The van der Waals surface area contributed by atoms with Crippen LogP contribution in [0.1, 0.15) is 35.2 Å². The smallest absolute Gasteiger partial charge is 0.348 e. The van der Waals surface area contributed by atoms with Gasteiger partial charge in [0.1, 0.15) is 0 Å². The van der Waals surface area contributed by atoms with Crippen molar-refractivity contribution in [2.75, 3.05) is 20.3 Å². The van der Waals surface area contributed by atoms with Crippen LogP contribution in [0, 0.1) is 6.92 Å². The number of ether oxygens (including phenoxy) is 2. The van der Waals surface area contributed by atoms with E-state index in [9.17, 15) is 9.59 Å². The van der Waals surface area contributed by atoms with Crippen molar-refractivity contribution in [2.24, 2.45) is 4.99 Å². The highest BCUT2D eigenvalue weighted by atomic mass is 16.5. The van der Waals surface area contributed by atoms with Gasteiger partial charge in [-0.05, 0) is 44.4 Å². The second kappa shape index (κ2) is 10.4. The van der Waals surface area contributed by atoms with Gasteiger partial charge >= 0.3 is 5.69 Å². The first kappa shape index (κ1) is 24.9. The lowest BCUT2D eigenvalue weighted by Gasteiger charge is -2.20. The number of methoxy groups -OCH3 is 1. The number of fused-ring (bicyclic) bond motifs is 3. The lowest BCUT2D eigenvalue weighted by atomic mass is 10.0. The van der Waals surface area contributed by atoms with Gasteiger partial charge in [0.05, 0.1) is 42.2 Å². The molecule has 1 amide bonds. The fourth-order valence-electron chi connectivity index (χ4n) is 5.45. The standard InChI is InChI=1S/C31H30N4O4/c1-20-11-12-26-24(16-20)29(21-8-4-3-5-9-21)33-31(37)35(26)14-7-15-39-28-18-25-23(17-27(28)38-2)30(36)34-13-6-10-22(34)19-32-25/h3-5,8-9,11-12,16-19,22H,6-7,10,13-15H2,1-2H3/t22-/m0/s1. The van der Waals surface area contributed by atoms with E-state index in [1.165, 1.54) is 0 Å². The Hall–Kier alpha value is -4.46. The topological polar surface area (TPSA) is 86.0 Å². The van der Waals surface area contributed by atoms with Crippen LogP contribution in [0.4, 0.5) is 5.69 Å². The molecule has 2 aliphatic heterocycles. The third-order valence-corrected chi connectivity index (χ3v) is 7.43. The predicted molar refractivity (Wildman–Crippen MR) is 151 cm³/mol. The van der Waals surface area contributed by atoms with Gasteiger partial charge in [-0.15, -0.1) is 0 Å². The van der Waals surface area contributed by atoms with E-state index >= 15 is 0 Å². The van der Waals surface area contributed by atoms with Gasteiger partial charge in [0, 0.05) is 36.3 Å². The number of nitrogens with zero attached hydrogens (tertiary/aromatic N) is 4. The number of carbonyl (C=O) groups excluding carboxylic acids is 1. The average Bonchev–Trinajstić information content (AvgIpc) is 3.39. The SMILES string of the molecule is COc1cc2c(cc1OCCCn1c(=O)nc(-c3ccccc3)c3cc(C)ccc31)N=C[C@@H]1CCCN1C2=O. The zero-order valence-electron chi connectivity index (χ0n) is 22.1. The molecule has 0 bridgehead atoms. The molecule has 0 saturated carbocycles. The third-order valence-electron chi connectivity index (χ3n) is 7.43. The maximum absolute atomic E-state index is 13.1. The average molecular weight is 523 g/mol. The van der Waals surface area contributed by atoms with Crippen LogP contribution in [-0.2, 0) is 6.54 Å². The van der Waals surface area contributed by atoms with Gasteiger partial charge in [0.25, 0.3) is 5.91 Å². The van der Waals surface area contributed by atoms with Crippen LogP contribution in [0.25, 0.3) is 22.2 Å². The molecule has 0 radical (unpaired) electrons. The second-order valence-electron chi connectivity index (χ2n) is 9.99. The molecule has 39 heavy (non-hydrogen) atoms. The van der Waals surface area contributed by atoms with Crippen molar-refractivity contribution in [3.05, 3.63) is 82.3 Å². The van der Waals surface area contributed by atoms with Crippen LogP contribution < -0.4 is 15.2 Å². The van der Waals surface area contributed by atoms with Crippen molar-refractivity contribution < 1.29 is 14.3 Å². The van der Waals surface area contributed by atoms with Gasteiger partial charge in [-0.25, -0.2) is 4.79 Å². The number of rotatable bonds is 7. The summed E-state index contributed by atoms with van der Waals surface area (Å²) in [5.41, 5.74) is 4.37. The molecule has 2 aliphatic rings. The lowest BCUT2D eigenvalue weighted by molar-refractivity contribution is 0.0774. The summed E-state index contributed by atoms with van der Waals surface area (Å²) in [6, 6.07) is 19.4. The van der Waals surface area contributed by atoms with Crippen LogP contribution in [-0.4, -0.2) is 52.9 Å². The fourth-order valence-corrected chi connectivity index (χ4v) is 5.45. The summed E-state index contributed by atoms with van der Waals surface area (Å²) in [5, 5.41) is 0.942. The zero-order chi connectivity index (χ0) is 26.9. The first-order valence-electron chi connectivity index (χ1n) is 13.3. The van der Waals surface area contributed by atoms with Gasteiger partial charge in [-0.3, -0.25) is 14.4 Å². The van der Waals surface area contributed by atoms with E-state index in [0.29, 0.717) is 48.0 Å². The molecular formula is C31H30N4O4. The van der Waals surface area contributed by atoms with E-state index in [2.05, 4.69) is 16.0 Å². The summed E-state index contributed by atoms with van der Waals surface area (Å²) in [6.07, 6.45) is 4.35. The summed E-state index contributed by atoms with van der Waals surface area (Å²) < 4.78 is 13.4. The third kappa shape index (κ3) is 4.67. The molecule has 0 aliphatic carbocycles. The molecule has 4 aromatic rings. The Morgan fingerprint density at radius 2 is 1.87 bits per heavy atom. The largest absolute Gasteiger partial charge is 0.493 e. The Kier molecular flexibility index (Phi) is 6.60. The number of hydrogen-bond donors (Lipinski definition) is 0. The number of aromatic nitrogens is 2. The van der Waals surface area contributed by atoms with E-state index in [0.717, 1.165) is 41.4 Å². The highest BCUT2D eigenvalue weighted by Gasteiger charge is 2.32. The molecule has 6 rings (SSSR count). The number of carbonyl (C=O) groups is 1. The first-order chi connectivity index (χ1) is 19.0. The monoisotopic (exact) mass is 522 g/mol. The van der Waals surface area contributed by atoms with Gasteiger partial charge in [-0.2, -0.15) is 4.98 Å². The van der Waals surface area contributed by atoms with E-state index in [1.807, 2.05) is 60.5 Å². The van der Waals surface area contributed by atoms with Crippen LogP contribution in [0.15, 0.2) is 70.5 Å².